The number of hydrogen-bond donors (Lipinski definition) is 3. The van der Waals surface area contributed by atoms with Crippen molar-refractivity contribution in [1.82, 2.24) is 5.16 Å². The molecular weight excluding hydrogens is 304 g/mol. The van der Waals surface area contributed by atoms with Crippen molar-refractivity contribution in [3.63, 3.8) is 0 Å². The van der Waals surface area contributed by atoms with Gasteiger partial charge in [-0.15, -0.1) is 0 Å². The molecule has 0 aliphatic rings. The van der Waals surface area contributed by atoms with E-state index in [-0.39, 0.29) is 18.2 Å². The summed E-state index contributed by atoms with van der Waals surface area (Å²) in [5.41, 5.74) is 6.06. The van der Waals surface area contributed by atoms with Crippen LogP contribution in [0.25, 0.3) is 0 Å². The first-order valence-corrected chi connectivity index (χ1v) is 7.72. The van der Waals surface area contributed by atoms with Gasteiger partial charge < -0.3 is 25.2 Å². The molecule has 23 heavy (non-hydrogen) atoms. The molecule has 0 radical (unpaired) electrons. The summed E-state index contributed by atoms with van der Waals surface area (Å²) in [7, 11) is 0. The lowest BCUT2D eigenvalue weighted by Gasteiger charge is -2.15. The topological polar surface area (TPSA) is 136 Å². The first-order chi connectivity index (χ1) is 10.9. The molecule has 0 spiro atoms. The highest BCUT2D eigenvalue weighted by Crippen LogP contribution is 2.34. The van der Waals surface area contributed by atoms with E-state index in [1.54, 1.807) is 0 Å². The highest BCUT2D eigenvalue weighted by molar-refractivity contribution is 5.73. The summed E-state index contributed by atoms with van der Waals surface area (Å²) < 4.78 is 10.5. The first-order valence-electron chi connectivity index (χ1n) is 7.72. The predicted molar refractivity (Wildman–Crippen MR) is 81.5 cm³/mol. The maximum absolute atomic E-state index is 11.0. The number of carbonyl (C=O) groups is 2. The molecule has 1 rings (SSSR count). The molecule has 0 saturated heterocycles. The number of hydrogen-bond acceptors (Lipinski definition) is 6. The number of aliphatic carboxylic acids is 2. The average molecular weight is 328 g/mol. The summed E-state index contributed by atoms with van der Waals surface area (Å²) in [5, 5.41) is 21.5. The molecule has 0 saturated carbocycles. The van der Waals surface area contributed by atoms with Crippen LogP contribution in [0.3, 0.4) is 0 Å². The summed E-state index contributed by atoms with van der Waals surface area (Å²) in [4.78, 5) is 21.7. The van der Waals surface area contributed by atoms with Gasteiger partial charge in [-0.3, -0.25) is 4.79 Å². The van der Waals surface area contributed by atoms with Crippen molar-refractivity contribution in [3.05, 3.63) is 11.3 Å². The number of aromatic nitrogens is 1. The van der Waals surface area contributed by atoms with Gasteiger partial charge in [0.2, 0.25) is 0 Å². The second-order valence-electron chi connectivity index (χ2n) is 5.44. The summed E-state index contributed by atoms with van der Waals surface area (Å²) in [6, 6.07) is -1.13. The fraction of sp³-hybridized carbons (Fsp3) is 0.667. The van der Waals surface area contributed by atoms with Crippen LogP contribution in [-0.4, -0.2) is 40.0 Å². The van der Waals surface area contributed by atoms with Crippen LogP contribution in [-0.2, 0) is 16.0 Å². The van der Waals surface area contributed by atoms with Crippen LogP contribution >= 0.6 is 0 Å². The minimum absolute atomic E-state index is 0.0105. The van der Waals surface area contributed by atoms with Gasteiger partial charge in [0.1, 0.15) is 11.8 Å². The SMILES string of the molecule is CCCC(CCC)c1onc(OCC(=O)O)c1C[C@H](N)C(=O)O. The van der Waals surface area contributed by atoms with E-state index in [4.69, 9.17) is 25.2 Å². The number of nitrogens with two attached hydrogens (primary N) is 1. The minimum atomic E-state index is -1.15. The van der Waals surface area contributed by atoms with Crippen LogP contribution in [0.5, 0.6) is 5.88 Å². The maximum atomic E-state index is 11.0. The third kappa shape index (κ3) is 5.55. The van der Waals surface area contributed by atoms with Gasteiger partial charge in [0, 0.05) is 12.3 Å². The first kappa shape index (κ1) is 19.0. The quantitative estimate of drug-likeness (QED) is 0.559. The van der Waals surface area contributed by atoms with E-state index in [1.165, 1.54) is 0 Å². The van der Waals surface area contributed by atoms with Gasteiger partial charge in [-0.2, -0.15) is 0 Å². The summed E-state index contributed by atoms with van der Waals surface area (Å²) >= 11 is 0. The number of carboxylic acids is 2. The van der Waals surface area contributed by atoms with Crippen molar-refractivity contribution in [1.29, 1.82) is 0 Å². The van der Waals surface area contributed by atoms with Crippen LogP contribution < -0.4 is 10.5 Å². The molecule has 0 amide bonds. The monoisotopic (exact) mass is 328 g/mol. The van der Waals surface area contributed by atoms with Crippen molar-refractivity contribution in [2.75, 3.05) is 6.61 Å². The highest BCUT2D eigenvalue weighted by atomic mass is 16.5. The summed E-state index contributed by atoms with van der Waals surface area (Å²) in [5.74, 6) is -1.66. The van der Waals surface area contributed by atoms with E-state index in [2.05, 4.69) is 5.16 Å². The van der Waals surface area contributed by atoms with Crippen LogP contribution in [0.15, 0.2) is 4.52 Å². The van der Waals surface area contributed by atoms with Crippen LogP contribution in [0.4, 0.5) is 0 Å². The Labute approximate surface area is 134 Å². The Bertz CT molecular complexity index is 522. The predicted octanol–water partition coefficient (Wildman–Crippen LogP) is 1.78. The van der Waals surface area contributed by atoms with Gasteiger partial charge in [0.05, 0.1) is 5.56 Å². The van der Waals surface area contributed by atoms with Crippen molar-refractivity contribution < 1.29 is 29.1 Å². The Balaban J connectivity index is 3.11. The fourth-order valence-corrected chi connectivity index (χ4v) is 2.47. The zero-order chi connectivity index (χ0) is 17.4. The summed E-state index contributed by atoms with van der Waals surface area (Å²) in [6.45, 7) is 3.51. The molecule has 1 atom stereocenters. The normalized spacial score (nSPS) is 12.3. The zero-order valence-electron chi connectivity index (χ0n) is 13.4. The van der Waals surface area contributed by atoms with E-state index in [1.807, 2.05) is 13.8 Å². The van der Waals surface area contributed by atoms with E-state index < -0.39 is 24.6 Å². The molecule has 0 unspecified atom stereocenters. The smallest absolute Gasteiger partial charge is 0.341 e. The number of carboxylic acid groups (broad SMARTS) is 2. The molecule has 0 fully saturated rings. The van der Waals surface area contributed by atoms with Crippen molar-refractivity contribution in [2.24, 2.45) is 5.73 Å². The van der Waals surface area contributed by atoms with Gasteiger partial charge in [-0.1, -0.05) is 26.7 Å². The van der Waals surface area contributed by atoms with Gasteiger partial charge >= 0.3 is 11.9 Å². The van der Waals surface area contributed by atoms with Crippen molar-refractivity contribution in [3.8, 4) is 5.88 Å². The molecule has 0 aliphatic carbocycles. The molecule has 1 aromatic heterocycles. The van der Waals surface area contributed by atoms with Gasteiger partial charge in [-0.25, -0.2) is 4.79 Å². The number of rotatable bonds is 11. The molecule has 1 heterocycles. The van der Waals surface area contributed by atoms with Gasteiger partial charge in [0.15, 0.2) is 6.61 Å². The van der Waals surface area contributed by atoms with E-state index in [9.17, 15) is 9.59 Å². The molecule has 8 nitrogen and oxygen atoms in total. The highest BCUT2D eigenvalue weighted by Gasteiger charge is 2.27. The van der Waals surface area contributed by atoms with E-state index in [0.717, 1.165) is 25.7 Å². The zero-order valence-corrected chi connectivity index (χ0v) is 13.4. The Kier molecular flexibility index (Phi) is 7.53. The van der Waals surface area contributed by atoms with Crippen LogP contribution in [0, 0.1) is 0 Å². The number of ether oxygens (including phenoxy) is 1. The second kappa shape index (κ2) is 9.14. The van der Waals surface area contributed by atoms with Crippen molar-refractivity contribution in [2.45, 2.75) is 57.9 Å². The average Bonchev–Trinajstić information content (AvgIpc) is 2.87. The third-order valence-electron chi connectivity index (χ3n) is 3.50. The molecule has 130 valence electrons. The molecule has 8 heteroatoms. The largest absolute Gasteiger partial charge is 0.480 e. The summed E-state index contributed by atoms with van der Waals surface area (Å²) in [6.07, 6.45) is 3.56. The van der Waals surface area contributed by atoms with E-state index >= 15 is 0 Å². The van der Waals surface area contributed by atoms with Crippen LogP contribution in [0.2, 0.25) is 0 Å². The fourth-order valence-electron chi connectivity index (χ4n) is 2.47. The van der Waals surface area contributed by atoms with Crippen molar-refractivity contribution >= 4 is 11.9 Å². The molecule has 0 aromatic carbocycles. The lowest BCUT2D eigenvalue weighted by Crippen LogP contribution is -2.32. The molecule has 0 bridgehead atoms. The Morgan fingerprint density at radius 3 is 2.35 bits per heavy atom. The third-order valence-corrected chi connectivity index (χ3v) is 3.50. The lowest BCUT2D eigenvalue weighted by molar-refractivity contribution is -0.140. The lowest BCUT2D eigenvalue weighted by atomic mass is 9.91. The number of nitrogens with zero attached hydrogens (tertiary/aromatic N) is 1. The molecule has 1 aromatic rings. The Morgan fingerprint density at radius 2 is 1.87 bits per heavy atom. The Morgan fingerprint density at radius 1 is 1.26 bits per heavy atom. The van der Waals surface area contributed by atoms with E-state index in [0.29, 0.717) is 11.3 Å². The molecule has 4 N–H and O–H groups in total. The second-order valence-corrected chi connectivity index (χ2v) is 5.44. The van der Waals surface area contributed by atoms with Crippen LogP contribution in [0.1, 0.15) is 56.8 Å². The van der Waals surface area contributed by atoms with Gasteiger partial charge in [-0.05, 0) is 18.0 Å². The standard InChI is InChI=1S/C15H24N2O6/c1-3-5-9(6-4-2)13-10(7-11(16)15(20)21)14(17-23-13)22-8-12(18)19/h9,11H,3-8,16H2,1-2H3,(H,18,19)(H,20,21)/t11-/m0/s1. The molecule has 0 aliphatic heterocycles. The van der Waals surface area contributed by atoms with Gasteiger partial charge in [0.25, 0.3) is 5.88 Å². The minimum Gasteiger partial charge on any atom is -0.480 e. The maximum Gasteiger partial charge on any atom is 0.341 e. The molecular formula is C15H24N2O6. The Hall–Kier alpha value is -2.09.